The first kappa shape index (κ1) is 28.9. The Morgan fingerprint density at radius 3 is 2.58 bits per heavy atom. The van der Waals surface area contributed by atoms with Crippen molar-refractivity contribution in [3.63, 3.8) is 0 Å². The molecule has 11 heteroatoms. The van der Waals surface area contributed by atoms with Crippen molar-refractivity contribution in [1.82, 2.24) is 34.5 Å². The van der Waals surface area contributed by atoms with Gasteiger partial charge < -0.3 is 20.3 Å². The quantitative estimate of drug-likeness (QED) is 0.189. The molecule has 1 aliphatic heterocycles. The molecule has 3 aromatic heterocycles. The predicted octanol–water partition coefficient (Wildman–Crippen LogP) is 3.96. The van der Waals surface area contributed by atoms with Gasteiger partial charge in [-0.05, 0) is 62.7 Å². The van der Waals surface area contributed by atoms with Gasteiger partial charge in [0, 0.05) is 55.9 Å². The van der Waals surface area contributed by atoms with Crippen LogP contribution in [0.5, 0.6) is 5.88 Å². The first-order chi connectivity index (χ1) is 21.1. The molecular weight excluding hydrogens is 542 g/mol. The van der Waals surface area contributed by atoms with E-state index in [1.165, 1.54) is 44.3 Å². The van der Waals surface area contributed by atoms with Crippen LogP contribution in [0.25, 0.3) is 16.9 Å². The number of benzene rings is 1. The molecule has 4 heterocycles. The van der Waals surface area contributed by atoms with Crippen molar-refractivity contribution < 1.29 is 4.74 Å². The number of rotatable bonds is 12. The van der Waals surface area contributed by atoms with Crippen LogP contribution in [0.15, 0.2) is 66.1 Å². The summed E-state index contributed by atoms with van der Waals surface area (Å²) in [6.45, 7) is 10.6. The Labute approximate surface area is 252 Å². The van der Waals surface area contributed by atoms with Gasteiger partial charge in [-0.1, -0.05) is 25.0 Å². The second-order valence-electron chi connectivity index (χ2n) is 11.2. The zero-order chi connectivity index (χ0) is 29.6. The molecule has 0 unspecified atom stereocenters. The Kier molecular flexibility index (Phi) is 8.99. The van der Waals surface area contributed by atoms with Gasteiger partial charge in [0.05, 0.1) is 13.7 Å². The third-order valence-electron chi connectivity index (χ3n) is 8.41. The summed E-state index contributed by atoms with van der Waals surface area (Å²) in [5, 5.41) is 7.43. The van der Waals surface area contributed by atoms with Crippen LogP contribution >= 0.6 is 0 Å². The van der Waals surface area contributed by atoms with Gasteiger partial charge in [-0.3, -0.25) is 9.69 Å². The van der Waals surface area contributed by atoms with Gasteiger partial charge in [0.15, 0.2) is 11.5 Å². The van der Waals surface area contributed by atoms with Crippen molar-refractivity contribution in [2.75, 3.05) is 56.6 Å². The van der Waals surface area contributed by atoms with Gasteiger partial charge >= 0.3 is 0 Å². The van der Waals surface area contributed by atoms with Crippen LogP contribution in [0.2, 0.25) is 0 Å². The number of hydrogen-bond acceptors (Lipinski definition) is 9. The van der Waals surface area contributed by atoms with E-state index in [1.54, 1.807) is 34.8 Å². The lowest BCUT2D eigenvalue weighted by Crippen LogP contribution is -2.47. The zero-order valence-electron chi connectivity index (χ0n) is 24.9. The zero-order valence-corrected chi connectivity index (χ0v) is 24.9. The molecule has 4 aromatic rings. The summed E-state index contributed by atoms with van der Waals surface area (Å²) in [6.07, 6.45) is 9.92. The fourth-order valence-electron chi connectivity index (χ4n) is 6.10. The van der Waals surface area contributed by atoms with E-state index in [2.05, 4.69) is 49.1 Å². The predicted molar refractivity (Wildman–Crippen MR) is 171 cm³/mol. The molecule has 43 heavy (non-hydrogen) atoms. The molecule has 0 amide bonds. The summed E-state index contributed by atoms with van der Waals surface area (Å²) in [7, 11) is 1.56. The average Bonchev–Trinajstić information content (AvgIpc) is 3.66. The maximum Gasteiger partial charge on any atom is 0.278 e. The van der Waals surface area contributed by atoms with E-state index in [1.807, 2.05) is 24.3 Å². The SMILES string of the molecule is C=CCn1c(=O)c2cnc(Nc3ccc(N4CCN(CCCNC5CCCC5)CC4)cc3)nc2n1-c1cccc(OC)n1. The van der Waals surface area contributed by atoms with Crippen LogP contribution in [0.4, 0.5) is 17.3 Å². The van der Waals surface area contributed by atoms with E-state index in [9.17, 15) is 4.79 Å². The Morgan fingerprint density at radius 2 is 1.84 bits per heavy atom. The molecule has 2 fully saturated rings. The number of hydrogen-bond donors (Lipinski definition) is 2. The molecule has 11 nitrogen and oxygen atoms in total. The van der Waals surface area contributed by atoms with Gasteiger partial charge in [0.2, 0.25) is 11.8 Å². The number of pyridine rings is 1. The fourth-order valence-corrected chi connectivity index (χ4v) is 6.10. The Hall–Kier alpha value is -4.22. The summed E-state index contributed by atoms with van der Waals surface area (Å²) in [6, 6.07) is 14.5. The molecular formula is C32H41N9O2. The van der Waals surface area contributed by atoms with Crippen LogP contribution in [0, 0.1) is 0 Å². The van der Waals surface area contributed by atoms with E-state index >= 15 is 0 Å². The van der Waals surface area contributed by atoms with Gasteiger partial charge in [-0.2, -0.15) is 9.97 Å². The fraction of sp³-hybridized carbons (Fsp3) is 0.438. The number of methoxy groups -OCH3 is 1. The number of nitrogens with one attached hydrogen (secondary N) is 2. The molecule has 0 bridgehead atoms. The second kappa shape index (κ2) is 13.4. The third-order valence-corrected chi connectivity index (χ3v) is 8.41. The van der Waals surface area contributed by atoms with Crippen LogP contribution in [-0.4, -0.2) is 81.6 Å². The highest BCUT2D eigenvalue weighted by Crippen LogP contribution is 2.23. The summed E-state index contributed by atoms with van der Waals surface area (Å²) in [5.74, 6) is 1.35. The number of nitrogens with zero attached hydrogens (tertiary/aromatic N) is 7. The van der Waals surface area contributed by atoms with Crippen molar-refractivity contribution in [1.29, 1.82) is 0 Å². The van der Waals surface area contributed by atoms with Crippen molar-refractivity contribution in [2.24, 2.45) is 0 Å². The lowest BCUT2D eigenvalue weighted by molar-refractivity contribution is 0.252. The molecule has 2 aliphatic rings. The molecule has 1 aliphatic carbocycles. The van der Waals surface area contributed by atoms with Crippen LogP contribution in [0.1, 0.15) is 32.1 Å². The van der Waals surface area contributed by atoms with Crippen molar-refractivity contribution in [3.8, 4) is 11.7 Å². The molecule has 1 saturated heterocycles. The second-order valence-corrected chi connectivity index (χ2v) is 11.2. The molecule has 0 atom stereocenters. The summed E-state index contributed by atoms with van der Waals surface area (Å²) < 4.78 is 8.53. The molecule has 0 spiro atoms. The normalized spacial score (nSPS) is 16.2. The van der Waals surface area contributed by atoms with Crippen molar-refractivity contribution in [3.05, 3.63) is 71.7 Å². The molecule has 1 aromatic carbocycles. The highest BCUT2D eigenvalue weighted by molar-refractivity contribution is 5.77. The highest BCUT2D eigenvalue weighted by Gasteiger charge is 2.20. The molecule has 226 valence electrons. The minimum Gasteiger partial charge on any atom is -0.481 e. The van der Waals surface area contributed by atoms with Crippen molar-refractivity contribution in [2.45, 2.75) is 44.7 Å². The number of anilines is 3. The Bertz CT molecular complexity index is 1580. The molecule has 2 N–H and O–H groups in total. The highest BCUT2D eigenvalue weighted by atomic mass is 16.5. The lowest BCUT2D eigenvalue weighted by atomic mass is 10.2. The summed E-state index contributed by atoms with van der Waals surface area (Å²) in [5.41, 5.74) is 2.32. The third kappa shape index (κ3) is 6.57. The number of fused-ring (bicyclic) bond motifs is 1. The molecule has 1 saturated carbocycles. The van der Waals surface area contributed by atoms with Gasteiger partial charge in [-0.25, -0.2) is 14.3 Å². The number of ether oxygens (including phenoxy) is 1. The first-order valence-corrected chi connectivity index (χ1v) is 15.3. The topological polar surface area (TPSA) is 105 Å². The minimum atomic E-state index is -0.212. The van der Waals surface area contributed by atoms with E-state index < -0.39 is 0 Å². The largest absolute Gasteiger partial charge is 0.481 e. The smallest absolute Gasteiger partial charge is 0.278 e. The van der Waals surface area contributed by atoms with Crippen LogP contribution in [-0.2, 0) is 6.54 Å². The maximum atomic E-state index is 13.2. The lowest BCUT2D eigenvalue weighted by Gasteiger charge is -2.36. The maximum absolute atomic E-state index is 13.2. The molecule has 0 radical (unpaired) electrons. The summed E-state index contributed by atoms with van der Waals surface area (Å²) in [4.78, 5) is 31.9. The average molecular weight is 584 g/mol. The van der Waals surface area contributed by atoms with Gasteiger partial charge in [-0.15, -0.1) is 6.58 Å². The Morgan fingerprint density at radius 1 is 1.05 bits per heavy atom. The van der Waals surface area contributed by atoms with Gasteiger partial charge in [0.1, 0.15) is 5.39 Å². The van der Waals surface area contributed by atoms with E-state index in [4.69, 9.17) is 9.72 Å². The van der Waals surface area contributed by atoms with Crippen LogP contribution in [0.3, 0.4) is 0 Å². The van der Waals surface area contributed by atoms with Gasteiger partial charge in [0.25, 0.3) is 5.56 Å². The van der Waals surface area contributed by atoms with E-state index in [0.717, 1.165) is 44.5 Å². The van der Waals surface area contributed by atoms with E-state index in [-0.39, 0.29) is 5.56 Å². The number of allylic oxidation sites excluding steroid dienone is 1. The van der Waals surface area contributed by atoms with Crippen LogP contribution < -0.4 is 25.8 Å². The summed E-state index contributed by atoms with van der Waals surface area (Å²) >= 11 is 0. The monoisotopic (exact) mass is 583 g/mol. The number of aromatic nitrogens is 5. The first-order valence-electron chi connectivity index (χ1n) is 15.3. The number of piperazine rings is 1. The Balaban J connectivity index is 1.10. The van der Waals surface area contributed by atoms with Crippen molar-refractivity contribution >= 4 is 28.4 Å². The van der Waals surface area contributed by atoms with E-state index in [0.29, 0.717) is 35.2 Å². The molecule has 6 rings (SSSR count). The minimum absolute atomic E-state index is 0.212. The standard InChI is InChI=1S/C32H41N9O2/c1-3-17-40-31(42)27-23-34-32(37-30(27)41(40)28-10-6-11-29(36-28)43-2)35-25-12-14-26(15-13-25)39-21-19-38(20-22-39)18-7-16-33-24-8-4-5-9-24/h3,6,10-15,23-24,33H,1,4-5,7-9,16-22H2,2H3,(H,34,35,37).